The van der Waals surface area contributed by atoms with Gasteiger partial charge in [0.05, 0.1) is 12.1 Å². The zero-order chi connectivity index (χ0) is 23.2. The van der Waals surface area contributed by atoms with Crippen molar-refractivity contribution in [3.05, 3.63) is 102 Å². The number of fused-ring (bicyclic) bond motifs is 3. The first kappa shape index (κ1) is 20.6. The van der Waals surface area contributed by atoms with Crippen LogP contribution in [0.15, 0.2) is 79.1 Å². The van der Waals surface area contributed by atoms with Gasteiger partial charge in [0.15, 0.2) is 11.2 Å². The number of primary amides is 1. The Balaban J connectivity index is 1.80. The van der Waals surface area contributed by atoms with Crippen molar-refractivity contribution in [3.8, 4) is 6.07 Å². The molecule has 33 heavy (non-hydrogen) atoms. The molecule has 4 unspecified atom stereocenters. The Kier molecular flexibility index (Phi) is 4.79. The SMILES string of the molecule is N#CC1(C(N)=O)C(c2cccnc2)C(C(=O)c2ccc(F)cc2)N2c3ccccc3C=CC21. The number of carbonyl (C=O) groups is 2. The molecule has 7 heteroatoms. The molecule has 0 aliphatic carbocycles. The highest BCUT2D eigenvalue weighted by atomic mass is 19.1. The quantitative estimate of drug-likeness (QED) is 0.629. The number of nitriles is 1. The van der Waals surface area contributed by atoms with E-state index in [2.05, 4.69) is 11.1 Å². The number of Topliss-reactive ketones (excluding diaryl/α,β-unsaturated/α-hetero) is 1. The van der Waals surface area contributed by atoms with Crippen LogP contribution in [0.3, 0.4) is 0 Å². The van der Waals surface area contributed by atoms with Crippen molar-refractivity contribution < 1.29 is 14.0 Å². The van der Waals surface area contributed by atoms with Crippen LogP contribution in [0.1, 0.15) is 27.4 Å². The van der Waals surface area contributed by atoms with E-state index in [1.807, 2.05) is 35.2 Å². The molecule has 2 aromatic carbocycles. The number of pyridine rings is 1. The highest BCUT2D eigenvalue weighted by molar-refractivity contribution is 6.06. The Labute approximate surface area is 189 Å². The number of halogens is 1. The van der Waals surface area contributed by atoms with E-state index in [-0.39, 0.29) is 11.3 Å². The third-order valence-corrected chi connectivity index (χ3v) is 6.58. The molecule has 4 atom stereocenters. The van der Waals surface area contributed by atoms with E-state index in [1.54, 1.807) is 30.6 Å². The predicted octanol–water partition coefficient (Wildman–Crippen LogP) is 3.47. The fourth-order valence-electron chi connectivity index (χ4n) is 5.15. The van der Waals surface area contributed by atoms with Crippen LogP contribution in [-0.2, 0) is 4.79 Å². The van der Waals surface area contributed by atoms with E-state index in [9.17, 15) is 19.2 Å². The third-order valence-electron chi connectivity index (χ3n) is 6.58. The van der Waals surface area contributed by atoms with Gasteiger partial charge in [0.2, 0.25) is 5.91 Å². The molecule has 1 amide bonds. The number of amides is 1. The molecule has 2 aliphatic rings. The molecule has 3 aromatic rings. The predicted molar refractivity (Wildman–Crippen MR) is 120 cm³/mol. The second-order valence-electron chi connectivity index (χ2n) is 8.20. The Morgan fingerprint density at radius 1 is 1.09 bits per heavy atom. The van der Waals surface area contributed by atoms with Gasteiger partial charge in [-0.25, -0.2) is 4.39 Å². The molecule has 1 fully saturated rings. The zero-order valence-electron chi connectivity index (χ0n) is 17.4. The number of para-hydroxylation sites is 1. The highest BCUT2D eigenvalue weighted by Gasteiger charge is 2.65. The van der Waals surface area contributed by atoms with Crippen molar-refractivity contribution in [3.63, 3.8) is 0 Å². The summed E-state index contributed by atoms with van der Waals surface area (Å²) in [6, 6.07) is 16.6. The number of rotatable bonds is 4. The number of benzene rings is 2. The summed E-state index contributed by atoms with van der Waals surface area (Å²) < 4.78 is 13.6. The van der Waals surface area contributed by atoms with Crippen molar-refractivity contribution >= 4 is 23.5 Å². The van der Waals surface area contributed by atoms with Crippen LogP contribution in [0.25, 0.3) is 6.08 Å². The number of carbonyl (C=O) groups excluding carboxylic acids is 2. The van der Waals surface area contributed by atoms with Crippen molar-refractivity contribution in [2.75, 3.05) is 4.90 Å². The first-order valence-electron chi connectivity index (χ1n) is 10.5. The number of nitrogens with zero attached hydrogens (tertiary/aromatic N) is 3. The highest BCUT2D eigenvalue weighted by Crippen LogP contribution is 2.55. The maximum Gasteiger partial charge on any atom is 0.241 e. The number of aromatic nitrogens is 1. The van der Waals surface area contributed by atoms with Gasteiger partial charge >= 0.3 is 0 Å². The Hall–Kier alpha value is -4.31. The second kappa shape index (κ2) is 7.68. The van der Waals surface area contributed by atoms with Crippen molar-refractivity contribution in [1.29, 1.82) is 5.26 Å². The van der Waals surface area contributed by atoms with Gasteiger partial charge in [0.1, 0.15) is 11.9 Å². The lowest BCUT2D eigenvalue weighted by Gasteiger charge is -2.36. The molecule has 0 spiro atoms. The van der Waals surface area contributed by atoms with E-state index in [4.69, 9.17) is 5.73 Å². The molecular formula is C26H19FN4O2. The third kappa shape index (κ3) is 2.95. The molecule has 5 rings (SSSR count). The first-order valence-corrected chi connectivity index (χ1v) is 10.5. The van der Waals surface area contributed by atoms with Gasteiger partial charge in [0, 0.05) is 29.6 Å². The molecule has 1 saturated heterocycles. The number of anilines is 1. The summed E-state index contributed by atoms with van der Waals surface area (Å²) in [5.41, 5.74) is 6.59. The maximum atomic E-state index is 14.0. The first-order chi connectivity index (χ1) is 16.0. The number of hydrogen-bond acceptors (Lipinski definition) is 5. The van der Waals surface area contributed by atoms with Gasteiger partial charge in [-0.05, 0) is 47.5 Å². The van der Waals surface area contributed by atoms with E-state index in [1.165, 1.54) is 24.3 Å². The summed E-state index contributed by atoms with van der Waals surface area (Å²) >= 11 is 0. The minimum absolute atomic E-state index is 0.277. The van der Waals surface area contributed by atoms with Crippen LogP contribution in [0.5, 0.6) is 0 Å². The molecule has 3 heterocycles. The monoisotopic (exact) mass is 438 g/mol. The van der Waals surface area contributed by atoms with Crippen LogP contribution in [0.2, 0.25) is 0 Å². The van der Waals surface area contributed by atoms with Crippen molar-refractivity contribution in [2.24, 2.45) is 11.1 Å². The molecule has 6 nitrogen and oxygen atoms in total. The summed E-state index contributed by atoms with van der Waals surface area (Å²) in [5, 5.41) is 10.4. The van der Waals surface area contributed by atoms with Gasteiger partial charge in [-0.1, -0.05) is 36.4 Å². The molecule has 0 saturated carbocycles. The van der Waals surface area contributed by atoms with Gasteiger partial charge in [-0.15, -0.1) is 0 Å². The van der Waals surface area contributed by atoms with E-state index < -0.39 is 35.1 Å². The maximum absolute atomic E-state index is 14.0. The lowest BCUT2D eigenvalue weighted by atomic mass is 9.68. The number of hydrogen-bond donors (Lipinski definition) is 1. The summed E-state index contributed by atoms with van der Waals surface area (Å²) in [6.45, 7) is 0. The van der Waals surface area contributed by atoms with Gasteiger partial charge < -0.3 is 10.6 Å². The molecule has 0 radical (unpaired) electrons. The summed E-state index contributed by atoms with van der Waals surface area (Å²) in [5.74, 6) is -2.51. The van der Waals surface area contributed by atoms with Crippen LogP contribution in [-0.4, -0.2) is 28.8 Å². The normalized spacial score (nSPS) is 25.1. The lowest BCUT2D eigenvalue weighted by Crippen LogP contribution is -2.49. The molecular weight excluding hydrogens is 419 g/mol. The van der Waals surface area contributed by atoms with Crippen LogP contribution in [0.4, 0.5) is 10.1 Å². The van der Waals surface area contributed by atoms with E-state index >= 15 is 0 Å². The summed E-state index contributed by atoms with van der Waals surface area (Å²) in [7, 11) is 0. The van der Waals surface area contributed by atoms with Gasteiger partial charge in [0.25, 0.3) is 0 Å². The average molecular weight is 438 g/mol. The Morgan fingerprint density at radius 3 is 2.52 bits per heavy atom. The van der Waals surface area contributed by atoms with Gasteiger partial charge in [-0.2, -0.15) is 5.26 Å². The fourth-order valence-corrected chi connectivity index (χ4v) is 5.15. The van der Waals surface area contributed by atoms with Crippen LogP contribution < -0.4 is 10.6 Å². The van der Waals surface area contributed by atoms with Gasteiger partial charge in [-0.3, -0.25) is 14.6 Å². The standard InChI is InChI=1S/C26H19FN4O2/c27-19-10-7-17(8-11-19)24(32)23-22(18-5-3-13-30-14-18)26(15-28,25(29)33)21-12-9-16-4-1-2-6-20(16)31(21)23/h1-14,21-23H,(H2,29,33). The largest absolute Gasteiger partial charge is 0.368 e. The minimum atomic E-state index is -1.73. The lowest BCUT2D eigenvalue weighted by molar-refractivity contribution is -0.125. The number of ketones is 1. The topological polar surface area (TPSA) is 100 Å². The molecule has 1 aromatic heterocycles. The van der Waals surface area contributed by atoms with Crippen LogP contribution >= 0.6 is 0 Å². The minimum Gasteiger partial charge on any atom is -0.368 e. The molecule has 162 valence electrons. The fraction of sp³-hybridized carbons (Fsp3) is 0.154. The smallest absolute Gasteiger partial charge is 0.241 e. The Morgan fingerprint density at radius 2 is 1.85 bits per heavy atom. The van der Waals surface area contributed by atoms with Crippen LogP contribution in [0, 0.1) is 22.6 Å². The molecule has 2 aliphatic heterocycles. The summed E-state index contributed by atoms with van der Waals surface area (Å²) in [6.07, 6.45) is 6.74. The average Bonchev–Trinajstić information content (AvgIpc) is 3.16. The summed E-state index contributed by atoms with van der Waals surface area (Å²) in [4.78, 5) is 33.0. The van der Waals surface area contributed by atoms with E-state index in [0.717, 1.165) is 11.3 Å². The Bertz CT molecular complexity index is 1320. The van der Waals surface area contributed by atoms with Crippen molar-refractivity contribution in [1.82, 2.24) is 4.98 Å². The molecule has 2 N–H and O–H groups in total. The zero-order valence-corrected chi connectivity index (χ0v) is 17.4. The number of nitrogens with two attached hydrogens (primary N) is 1. The molecule has 0 bridgehead atoms. The second-order valence-corrected chi connectivity index (χ2v) is 8.20. The van der Waals surface area contributed by atoms with Crippen molar-refractivity contribution in [2.45, 2.75) is 18.0 Å². The van der Waals surface area contributed by atoms with E-state index in [0.29, 0.717) is 5.56 Å².